The van der Waals surface area contributed by atoms with Gasteiger partial charge in [0.25, 0.3) is 0 Å². The molecule has 0 heterocycles. The molecule has 0 fully saturated rings. The third-order valence-corrected chi connectivity index (χ3v) is 1.55. The van der Waals surface area contributed by atoms with Gasteiger partial charge in [-0.1, -0.05) is 42.5 Å². The molecule has 0 amide bonds. The largest absolute Gasteiger partial charge is 0.480 e. The highest BCUT2D eigenvalue weighted by molar-refractivity contribution is 5.68. The maximum atomic E-state index is 10.1. The number of aliphatic carboxylic acids is 1. The molecular formula is C11H12O3. The van der Waals surface area contributed by atoms with E-state index in [4.69, 9.17) is 9.84 Å². The van der Waals surface area contributed by atoms with Crippen molar-refractivity contribution in [3.63, 3.8) is 0 Å². The summed E-state index contributed by atoms with van der Waals surface area (Å²) in [5.41, 5.74) is 1.08. The van der Waals surface area contributed by atoms with E-state index in [1.165, 1.54) is 0 Å². The van der Waals surface area contributed by atoms with Crippen LogP contribution >= 0.6 is 0 Å². The predicted molar refractivity (Wildman–Crippen MR) is 53.9 cm³/mol. The molecular weight excluding hydrogens is 180 g/mol. The molecule has 3 heteroatoms. The maximum Gasteiger partial charge on any atom is 0.329 e. The van der Waals surface area contributed by atoms with Gasteiger partial charge in [0, 0.05) is 0 Å². The van der Waals surface area contributed by atoms with Gasteiger partial charge in [-0.3, -0.25) is 0 Å². The van der Waals surface area contributed by atoms with Gasteiger partial charge in [0.1, 0.15) is 6.61 Å². The van der Waals surface area contributed by atoms with Crippen LogP contribution < -0.4 is 0 Å². The molecule has 0 spiro atoms. The Morgan fingerprint density at radius 3 is 2.71 bits per heavy atom. The zero-order valence-corrected chi connectivity index (χ0v) is 7.72. The van der Waals surface area contributed by atoms with E-state index in [1.807, 2.05) is 36.4 Å². The average molecular weight is 192 g/mol. The Balaban J connectivity index is 2.25. The Bertz CT molecular complexity index is 304. The summed E-state index contributed by atoms with van der Waals surface area (Å²) >= 11 is 0. The fourth-order valence-electron chi connectivity index (χ4n) is 0.963. The Morgan fingerprint density at radius 1 is 1.36 bits per heavy atom. The summed E-state index contributed by atoms with van der Waals surface area (Å²) in [6, 6.07) is 9.76. The second-order valence-corrected chi connectivity index (χ2v) is 2.72. The smallest absolute Gasteiger partial charge is 0.329 e. The lowest BCUT2D eigenvalue weighted by Gasteiger charge is -1.94. The van der Waals surface area contributed by atoms with E-state index in [1.54, 1.807) is 6.08 Å². The summed E-state index contributed by atoms with van der Waals surface area (Å²) in [6.07, 6.45) is 3.68. The van der Waals surface area contributed by atoms with Crippen molar-refractivity contribution in [2.24, 2.45) is 0 Å². The molecule has 3 nitrogen and oxygen atoms in total. The minimum absolute atomic E-state index is 0.251. The first-order valence-electron chi connectivity index (χ1n) is 4.30. The zero-order chi connectivity index (χ0) is 10.2. The van der Waals surface area contributed by atoms with Gasteiger partial charge in [-0.05, 0) is 5.56 Å². The summed E-state index contributed by atoms with van der Waals surface area (Å²) < 4.78 is 4.83. The first-order valence-corrected chi connectivity index (χ1v) is 4.30. The highest BCUT2D eigenvalue weighted by Crippen LogP contribution is 2.00. The number of carbonyl (C=O) groups is 1. The van der Waals surface area contributed by atoms with Crippen molar-refractivity contribution in [3.8, 4) is 0 Å². The second-order valence-electron chi connectivity index (χ2n) is 2.72. The van der Waals surface area contributed by atoms with Crippen molar-refractivity contribution < 1.29 is 14.6 Å². The third kappa shape index (κ3) is 4.42. The van der Waals surface area contributed by atoms with E-state index >= 15 is 0 Å². The van der Waals surface area contributed by atoms with E-state index in [2.05, 4.69) is 0 Å². The fraction of sp³-hybridized carbons (Fsp3) is 0.182. The summed E-state index contributed by atoms with van der Waals surface area (Å²) in [4.78, 5) is 10.1. The molecule has 1 aromatic carbocycles. The van der Waals surface area contributed by atoms with E-state index < -0.39 is 5.97 Å². The average Bonchev–Trinajstić information content (AvgIpc) is 2.18. The Kier molecular flexibility index (Phi) is 4.44. The molecule has 0 saturated heterocycles. The Morgan fingerprint density at radius 2 is 2.07 bits per heavy atom. The molecule has 74 valence electrons. The maximum absolute atomic E-state index is 10.1. The number of carboxylic acid groups (broad SMARTS) is 1. The minimum Gasteiger partial charge on any atom is -0.480 e. The fourth-order valence-corrected chi connectivity index (χ4v) is 0.963. The lowest BCUT2D eigenvalue weighted by molar-refractivity contribution is -0.141. The molecule has 0 aliphatic carbocycles. The summed E-state index contributed by atoms with van der Waals surface area (Å²) in [7, 11) is 0. The monoisotopic (exact) mass is 192 g/mol. The van der Waals surface area contributed by atoms with Crippen LogP contribution in [0.2, 0.25) is 0 Å². The van der Waals surface area contributed by atoms with Gasteiger partial charge in [-0.2, -0.15) is 0 Å². The van der Waals surface area contributed by atoms with Crippen LogP contribution in [-0.4, -0.2) is 24.3 Å². The van der Waals surface area contributed by atoms with Crippen molar-refractivity contribution in [2.45, 2.75) is 0 Å². The number of hydrogen-bond acceptors (Lipinski definition) is 2. The van der Waals surface area contributed by atoms with Crippen molar-refractivity contribution in [1.29, 1.82) is 0 Å². The van der Waals surface area contributed by atoms with E-state index in [0.717, 1.165) is 5.56 Å². The van der Waals surface area contributed by atoms with Gasteiger partial charge < -0.3 is 9.84 Å². The quantitative estimate of drug-likeness (QED) is 0.723. The molecule has 0 unspecified atom stereocenters. The van der Waals surface area contributed by atoms with E-state index in [9.17, 15) is 4.79 Å². The minimum atomic E-state index is -0.946. The van der Waals surface area contributed by atoms with Crippen LogP contribution in [0.3, 0.4) is 0 Å². The first-order chi connectivity index (χ1) is 6.79. The topological polar surface area (TPSA) is 46.5 Å². The SMILES string of the molecule is O=C(O)COC/C=C/c1ccccc1. The molecule has 0 aliphatic rings. The van der Waals surface area contributed by atoms with Gasteiger partial charge in [0.2, 0.25) is 0 Å². The second kappa shape index (κ2) is 5.94. The van der Waals surface area contributed by atoms with Gasteiger partial charge in [-0.25, -0.2) is 4.79 Å². The number of benzene rings is 1. The van der Waals surface area contributed by atoms with Crippen molar-refractivity contribution in [1.82, 2.24) is 0 Å². The first kappa shape index (κ1) is 10.5. The number of hydrogen-bond donors (Lipinski definition) is 1. The Labute approximate surface area is 82.6 Å². The van der Waals surface area contributed by atoms with Crippen LogP contribution in [0.4, 0.5) is 0 Å². The third-order valence-electron chi connectivity index (χ3n) is 1.55. The summed E-state index contributed by atoms with van der Waals surface area (Å²) in [5, 5.41) is 8.28. The van der Waals surface area contributed by atoms with Gasteiger partial charge >= 0.3 is 5.97 Å². The highest BCUT2D eigenvalue weighted by atomic mass is 16.5. The van der Waals surface area contributed by atoms with Crippen molar-refractivity contribution in [2.75, 3.05) is 13.2 Å². The van der Waals surface area contributed by atoms with E-state index in [0.29, 0.717) is 6.61 Å². The number of carboxylic acids is 1. The lowest BCUT2D eigenvalue weighted by atomic mass is 10.2. The van der Waals surface area contributed by atoms with Gasteiger partial charge in [-0.15, -0.1) is 0 Å². The van der Waals surface area contributed by atoms with Gasteiger partial charge in [0.15, 0.2) is 0 Å². The molecule has 0 bridgehead atoms. The zero-order valence-electron chi connectivity index (χ0n) is 7.72. The van der Waals surface area contributed by atoms with Crippen LogP contribution in [-0.2, 0) is 9.53 Å². The molecule has 0 aromatic heterocycles. The molecule has 14 heavy (non-hydrogen) atoms. The normalized spacial score (nSPS) is 10.6. The molecule has 0 radical (unpaired) electrons. The van der Waals surface area contributed by atoms with Crippen LogP contribution in [0.1, 0.15) is 5.56 Å². The van der Waals surface area contributed by atoms with Gasteiger partial charge in [0.05, 0.1) is 6.61 Å². The molecule has 0 atom stereocenters. The molecule has 1 rings (SSSR count). The number of ether oxygens (including phenoxy) is 1. The van der Waals surface area contributed by atoms with Crippen LogP contribution in [0.25, 0.3) is 6.08 Å². The molecule has 0 saturated carbocycles. The van der Waals surface area contributed by atoms with Crippen molar-refractivity contribution in [3.05, 3.63) is 42.0 Å². The molecule has 0 aliphatic heterocycles. The Hall–Kier alpha value is -1.61. The molecule has 1 aromatic rings. The lowest BCUT2D eigenvalue weighted by Crippen LogP contribution is -2.06. The van der Waals surface area contributed by atoms with Crippen LogP contribution in [0.5, 0.6) is 0 Å². The predicted octanol–water partition coefficient (Wildman–Crippen LogP) is 1.80. The van der Waals surface area contributed by atoms with E-state index in [-0.39, 0.29) is 6.61 Å². The van der Waals surface area contributed by atoms with Crippen LogP contribution in [0.15, 0.2) is 36.4 Å². The van der Waals surface area contributed by atoms with Crippen molar-refractivity contribution >= 4 is 12.0 Å². The number of rotatable bonds is 5. The highest BCUT2D eigenvalue weighted by Gasteiger charge is 1.92. The summed E-state index contributed by atoms with van der Waals surface area (Å²) in [5.74, 6) is -0.946. The van der Waals surface area contributed by atoms with Crippen LogP contribution in [0, 0.1) is 0 Å². The standard InChI is InChI=1S/C11H12O3/c12-11(13)9-14-8-4-7-10-5-2-1-3-6-10/h1-7H,8-9H2,(H,12,13)/b7-4+. The summed E-state index contributed by atoms with van der Waals surface area (Å²) in [6.45, 7) is 0.0698. The molecule has 1 N–H and O–H groups in total.